The fourth-order valence-electron chi connectivity index (χ4n) is 2.79. The second-order valence-electron chi connectivity index (χ2n) is 5.17. The molecule has 0 unspecified atom stereocenters. The van der Waals surface area contributed by atoms with Crippen LogP contribution < -0.4 is 10.5 Å². The van der Waals surface area contributed by atoms with Gasteiger partial charge in [-0.3, -0.25) is 4.79 Å². The number of anilines is 1. The maximum atomic E-state index is 12.7. The Balaban J connectivity index is 1.89. The van der Waals surface area contributed by atoms with E-state index in [-0.39, 0.29) is 5.91 Å². The lowest BCUT2D eigenvalue weighted by molar-refractivity contribution is 0.0731. The van der Waals surface area contributed by atoms with Gasteiger partial charge in [0, 0.05) is 13.1 Å². The minimum absolute atomic E-state index is 0.0337. The van der Waals surface area contributed by atoms with Gasteiger partial charge in [0.15, 0.2) is 5.75 Å². The number of benzene rings is 2. The highest BCUT2D eigenvalue weighted by molar-refractivity contribution is 5.98. The molecule has 0 aliphatic carbocycles. The first-order valence-corrected chi connectivity index (χ1v) is 6.99. The van der Waals surface area contributed by atoms with Crippen LogP contribution in [0.3, 0.4) is 0 Å². The largest absolute Gasteiger partial charge is 0.494 e. The summed E-state index contributed by atoms with van der Waals surface area (Å²) in [5.41, 5.74) is 9.42. The summed E-state index contributed by atoms with van der Waals surface area (Å²) in [5.74, 6) is 0.426. The lowest BCUT2D eigenvalue weighted by Crippen LogP contribution is -2.36. The smallest absolute Gasteiger partial charge is 0.258 e. The van der Waals surface area contributed by atoms with Crippen LogP contribution in [0, 0.1) is 0 Å². The van der Waals surface area contributed by atoms with E-state index in [1.54, 1.807) is 18.2 Å². The minimum atomic E-state index is -0.0337. The van der Waals surface area contributed by atoms with Crippen molar-refractivity contribution < 1.29 is 9.53 Å². The van der Waals surface area contributed by atoms with Crippen LogP contribution in [0.15, 0.2) is 42.5 Å². The van der Waals surface area contributed by atoms with Gasteiger partial charge in [0.2, 0.25) is 0 Å². The average Bonchev–Trinajstić information content (AvgIpc) is 2.53. The molecule has 2 N–H and O–H groups in total. The first-order chi connectivity index (χ1) is 10.2. The summed E-state index contributed by atoms with van der Waals surface area (Å²) in [5, 5.41) is 0. The summed E-state index contributed by atoms with van der Waals surface area (Å²) in [6, 6.07) is 13.5. The summed E-state index contributed by atoms with van der Waals surface area (Å²) in [4.78, 5) is 14.6. The summed E-state index contributed by atoms with van der Waals surface area (Å²) in [7, 11) is 1.54. The molecule has 1 aliphatic heterocycles. The van der Waals surface area contributed by atoms with Gasteiger partial charge >= 0.3 is 0 Å². The Morgan fingerprint density at radius 2 is 1.90 bits per heavy atom. The van der Waals surface area contributed by atoms with E-state index < -0.39 is 0 Å². The summed E-state index contributed by atoms with van der Waals surface area (Å²) in [6.45, 7) is 1.35. The van der Waals surface area contributed by atoms with E-state index in [1.165, 1.54) is 18.2 Å². The molecule has 0 fully saturated rings. The Bertz CT molecular complexity index is 682. The predicted octanol–water partition coefficient (Wildman–Crippen LogP) is 2.48. The molecule has 4 nitrogen and oxygen atoms in total. The van der Waals surface area contributed by atoms with Gasteiger partial charge in [-0.2, -0.15) is 0 Å². The molecule has 0 radical (unpaired) electrons. The van der Waals surface area contributed by atoms with Crippen LogP contribution >= 0.6 is 0 Å². The fourth-order valence-corrected chi connectivity index (χ4v) is 2.79. The number of methoxy groups -OCH3 is 1. The van der Waals surface area contributed by atoms with Gasteiger partial charge in [-0.05, 0) is 29.7 Å². The van der Waals surface area contributed by atoms with Crippen LogP contribution in [0.25, 0.3) is 0 Å². The van der Waals surface area contributed by atoms with E-state index in [9.17, 15) is 4.79 Å². The Hall–Kier alpha value is -2.49. The molecule has 0 bridgehead atoms. The number of nitrogens with two attached hydrogens (primary N) is 1. The number of carbonyl (C=O) groups excluding carboxylic acids is 1. The van der Waals surface area contributed by atoms with Gasteiger partial charge in [-0.1, -0.05) is 30.3 Å². The topological polar surface area (TPSA) is 55.6 Å². The zero-order valence-corrected chi connectivity index (χ0v) is 12.0. The first-order valence-electron chi connectivity index (χ1n) is 6.99. The van der Waals surface area contributed by atoms with E-state index in [4.69, 9.17) is 10.5 Å². The summed E-state index contributed by atoms with van der Waals surface area (Å²) in [6.07, 6.45) is 0.881. The van der Waals surface area contributed by atoms with Gasteiger partial charge in [-0.25, -0.2) is 0 Å². The molecule has 0 atom stereocenters. The fraction of sp³-hybridized carbons (Fsp3) is 0.235. The van der Waals surface area contributed by atoms with Crippen molar-refractivity contribution in [2.24, 2.45) is 0 Å². The lowest BCUT2D eigenvalue weighted by atomic mass is 9.99. The third-order valence-corrected chi connectivity index (χ3v) is 3.90. The molecule has 0 saturated heterocycles. The Morgan fingerprint density at radius 1 is 1.14 bits per heavy atom. The summed E-state index contributed by atoms with van der Waals surface area (Å²) < 4.78 is 5.29. The minimum Gasteiger partial charge on any atom is -0.494 e. The van der Waals surface area contributed by atoms with Crippen molar-refractivity contribution in [3.05, 3.63) is 59.2 Å². The van der Waals surface area contributed by atoms with Gasteiger partial charge in [0.25, 0.3) is 5.91 Å². The molecule has 0 spiro atoms. The standard InChI is InChI=1S/C17H18N2O2/c1-21-16-14(7-4-8-15(16)18)17(20)19-10-9-12-5-2-3-6-13(12)11-19/h2-8H,9-11,18H2,1H3. The van der Waals surface area contributed by atoms with Crippen LogP contribution in [0.5, 0.6) is 5.75 Å². The molecular weight excluding hydrogens is 264 g/mol. The molecule has 1 aliphatic rings. The van der Waals surface area contributed by atoms with Crippen LogP contribution in [-0.2, 0) is 13.0 Å². The zero-order chi connectivity index (χ0) is 14.8. The van der Waals surface area contributed by atoms with Gasteiger partial charge in [0.05, 0.1) is 18.4 Å². The van der Waals surface area contributed by atoms with Crippen molar-refractivity contribution in [3.8, 4) is 5.75 Å². The van der Waals surface area contributed by atoms with Crippen molar-refractivity contribution in [1.29, 1.82) is 0 Å². The number of nitrogens with zero attached hydrogens (tertiary/aromatic N) is 1. The van der Waals surface area contributed by atoms with E-state index in [1.807, 2.05) is 17.0 Å². The Morgan fingerprint density at radius 3 is 2.67 bits per heavy atom. The third kappa shape index (κ3) is 2.44. The second-order valence-corrected chi connectivity index (χ2v) is 5.17. The Labute approximate surface area is 124 Å². The molecule has 1 amide bonds. The number of fused-ring (bicyclic) bond motifs is 1. The predicted molar refractivity (Wildman–Crippen MR) is 82.3 cm³/mol. The summed E-state index contributed by atoms with van der Waals surface area (Å²) >= 11 is 0. The maximum absolute atomic E-state index is 12.7. The maximum Gasteiger partial charge on any atom is 0.258 e. The Kier molecular flexibility index (Phi) is 3.52. The van der Waals surface area contributed by atoms with Crippen LogP contribution in [0.4, 0.5) is 5.69 Å². The lowest BCUT2D eigenvalue weighted by Gasteiger charge is -2.29. The van der Waals surface area contributed by atoms with Gasteiger partial charge in [-0.15, -0.1) is 0 Å². The highest BCUT2D eigenvalue weighted by Crippen LogP contribution is 2.28. The number of para-hydroxylation sites is 1. The van der Waals surface area contributed by atoms with Gasteiger partial charge < -0.3 is 15.4 Å². The molecule has 1 heterocycles. The number of hydrogen-bond donors (Lipinski definition) is 1. The SMILES string of the molecule is COc1c(N)cccc1C(=O)N1CCc2ccccc2C1. The molecule has 21 heavy (non-hydrogen) atoms. The highest BCUT2D eigenvalue weighted by atomic mass is 16.5. The number of ether oxygens (including phenoxy) is 1. The number of hydrogen-bond acceptors (Lipinski definition) is 3. The van der Waals surface area contributed by atoms with E-state index in [0.29, 0.717) is 30.1 Å². The average molecular weight is 282 g/mol. The highest BCUT2D eigenvalue weighted by Gasteiger charge is 2.24. The van der Waals surface area contributed by atoms with Crippen molar-refractivity contribution >= 4 is 11.6 Å². The normalized spacial score (nSPS) is 13.7. The number of nitrogen functional groups attached to an aromatic ring is 1. The van der Waals surface area contributed by atoms with E-state index >= 15 is 0 Å². The molecule has 108 valence electrons. The molecule has 0 aromatic heterocycles. The quantitative estimate of drug-likeness (QED) is 0.861. The second kappa shape index (κ2) is 5.48. The van der Waals surface area contributed by atoms with Crippen LogP contribution in [0.1, 0.15) is 21.5 Å². The van der Waals surface area contributed by atoms with Crippen LogP contribution in [0.2, 0.25) is 0 Å². The molecule has 0 saturated carbocycles. The van der Waals surface area contributed by atoms with Gasteiger partial charge in [0.1, 0.15) is 0 Å². The molecule has 3 rings (SSSR count). The molecule has 4 heteroatoms. The van der Waals surface area contributed by atoms with E-state index in [2.05, 4.69) is 12.1 Å². The number of amides is 1. The van der Waals surface area contributed by atoms with Crippen molar-refractivity contribution in [2.45, 2.75) is 13.0 Å². The number of carbonyl (C=O) groups is 1. The number of rotatable bonds is 2. The monoisotopic (exact) mass is 282 g/mol. The van der Waals surface area contributed by atoms with Crippen LogP contribution in [-0.4, -0.2) is 24.5 Å². The van der Waals surface area contributed by atoms with Crippen molar-refractivity contribution in [1.82, 2.24) is 4.90 Å². The van der Waals surface area contributed by atoms with E-state index in [0.717, 1.165) is 6.42 Å². The molecular formula is C17H18N2O2. The first kappa shape index (κ1) is 13.5. The van der Waals surface area contributed by atoms with Crippen molar-refractivity contribution in [2.75, 3.05) is 19.4 Å². The third-order valence-electron chi connectivity index (χ3n) is 3.90. The zero-order valence-electron chi connectivity index (χ0n) is 12.0. The van der Waals surface area contributed by atoms with Crippen molar-refractivity contribution in [3.63, 3.8) is 0 Å². The molecule has 2 aromatic rings. The molecule has 2 aromatic carbocycles.